The van der Waals surface area contributed by atoms with Gasteiger partial charge in [0.2, 0.25) is 0 Å². The molecule has 0 bridgehead atoms. The largest absolute Gasteiger partial charge is 0.310 e. The molecule has 1 aliphatic heterocycles. The SMILES string of the molecule is CC(Cc1ccccc1F)NC(C)CN1CCCC1. The van der Waals surface area contributed by atoms with Gasteiger partial charge in [-0.15, -0.1) is 0 Å². The molecule has 2 rings (SSSR count). The van der Waals surface area contributed by atoms with Crippen LogP contribution < -0.4 is 5.32 Å². The number of hydrogen-bond donors (Lipinski definition) is 1. The molecule has 2 unspecified atom stereocenters. The lowest BCUT2D eigenvalue weighted by atomic mass is 10.1. The van der Waals surface area contributed by atoms with Gasteiger partial charge in [-0.3, -0.25) is 0 Å². The highest BCUT2D eigenvalue weighted by Gasteiger charge is 2.16. The second-order valence-electron chi connectivity index (χ2n) is 5.77. The van der Waals surface area contributed by atoms with Crippen molar-refractivity contribution in [3.63, 3.8) is 0 Å². The minimum atomic E-state index is -0.0941. The fraction of sp³-hybridized carbons (Fsp3) is 0.625. The van der Waals surface area contributed by atoms with E-state index in [9.17, 15) is 4.39 Å². The van der Waals surface area contributed by atoms with Crippen molar-refractivity contribution in [3.05, 3.63) is 35.6 Å². The lowest BCUT2D eigenvalue weighted by Gasteiger charge is -2.24. The van der Waals surface area contributed by atoms with E-state index in [1.54, 1.807) is 6.07 Å². The number of nitrogens with zero attached hydrogens (tertiary/aromatic N) is 1. The summed E-state index contributed by atoms with van der Waals surface area (Å²) in [6, 6.07) is 7.81. The maximum absolute atomic E-state index is 13.6. The van der Waals surface area contributed by atoms with Gasteiger partial charge >= 0.3 is 0 Å². The van der Waals surface area contributed by atoms with Gasteiger partial charge in [0, 0.05) is 18.6 Å². The van der Waals surface area contributed by atoms with Gasteiger partial charge in [-0.2, -0.15) is 0 Å². The Morgan fingerprint density at radius 3 is 2.53 bits per heavy atom. The quantitative estimate of drug-likeness (QED) is 0.850. The Balaban J connectivity index is 1.77. The first-order valence-electron chi connectivity index (χ1n) is 7.37. The third kappa shape index (κ3) is 4.59. The summed E-state index contributed by atoms with van der Waals surface area (Å²) in [5.74, 6) is -0.0941. The summed E-state index contributed by atoms with van der Waals surface area (Å²) in [7, 11) is 0. The van der Waals surface area contributed by atoms with Crippen molar-refractivity contribution < 1.29 is 4.39 Å². The van der Waals surface area contributed by atoms with Crippen LogP contribution in [0, 0.1) is 5.82 Å². The summed E-state index contributed by atoms with van der Waals surface area (Å²) in [4.78, 5) is 2.51. The Morgan fingerprint density at radius 2 is 1.84 bits per heavy atom. The standard InChI is InChI=1S/C16H25FN2/c1-13(11-15-7-3-4-8-16(15)17)18-14(2)12-19-9-5-6-10-19/h3-4,7-8,13-14,18H,5-6,9-12H2,1-2H3. The average Bonchev–Trinajstić information content (AvgIpc) is 2.84. The topological polar surface area (TPSA) is 15.3 Å². The van der Waals surface area contributed by atoms with Crippen LogP contribution in [-0.4, -0.2) is 36.6 Å². The zero-order chi connectivity index (χ0) is 13.7. The highest BCUT2D eigenvalue weighted by atomic mass is 19.1. The molecule has 0 amide bonds. The Labute approximate surface area is 116 Å². The van der Waals surface area contributed by atoms with E-state index in [1.807, 2.05) is 12.1 Å². The first kappa shape index (κ1) is 14.5. The molecule has 19 heavy (non-hydrogen) atoms. The van der Waals surface area contributed by atoms with Crippen LogP contribution in [-0.2, 0) is 6.42 Å². The molecule has 0 saturated carbocycles. The number of rotatable bonds is 6. The van der Waals surface area contributed by atoms with Gasteiger partial charge in [-0.1, -0.05) is 18.2 Å². The van der Waals surface area contributed by atoms with E-state index in [-0.39, 0.29) is 5.82 Å². The predicted molar refractivity (Wildman–Crippen MR) is 77.8 cm³/mol. The third-order valence-electron chi connectivity index (χ3n) is 3.78. The van der Waals surface area contributed by atoms with E-state index in [0.29, 0.717) is 12.1 Å². The number of benzene rings is 1. The molecule has 1 fully saturated rings. The summed E-state index contributed by atoms with van der Waals surface area (Å²) in [6.45, 7) is 7.91. The lowest BCUT2D eigenvalue weighted by molar-refractivity contribution is 0.288. The summed E-state index contributed by atoms with van der Waals surface area (Å²) >= 11 is 0. The molecule has 1 saturated heterocycles. The van der Waals surface area contributed by atoms with Crippen molar-refractivity contribution in [2.45, 2.75) is 45.2 Å². The second-order valence-corrected chi connectivity index (χ2v) is 5.77. The van der Waals surface area contributed by atoms with Gasteiger partial charge in [-0.25, -0.2) is 4.39 Å². The fourth-order valence-electron chi connectivity index (χ4n) is 2.94. The van der Waals surface area contributed by atoms with Crippen LogP contribution in [0.15, 0.2) is 24.3 Å². The van der Waals surface area contributed by atoms with Crippen molar-refractivity contribution in [1.82, 2.24) is 10.2 Å². The van der Waals surface area contributed by atoms with Crippen LogP contribution in [0.3, 0.4) is 0 Å². The van der Waals surface area contributed by atoms with Crippen molar-refractivity contribution in [3.8, 4) is 0 Å². The lowest BCUT2D eigenvalue weighted by Crippen LogP contribution is -2.43. The summed E-state index contributed by atoms with van der Waals surface area (Å²) in [6.07, 6.45) is 3.41. The van der Waals surface area contributed by atoms with Crippen molar-refractivity contribution in [2.24, 2.45) is 0 Å². The Bertz CT molecular complexity index is 388. The molecular weight excluding hydrogens is 239 g/mol. The normalized spacial score (nSPS) is 19.5. The van der Waals surface area contributed by atoms with Gasteiger partial charge in [0.25, 0.3) is 0 Å². The van der Waals surface area contributed by atoms with E-state index in [1.165, 1.54) is 32.0 Å². The summed E-state index contributed by atoms with van der Waals surface area (Å²) < 4.78 is 13.6. The van der Waals surface area contributed by atoms with Crippen LogP contribution in [0.4, 0.5) is 4.39 Å². The van der Waals surface area contributed by atoms with Crippen LogP contribution in [0.1, 0.15) is 32.3 Å². The van der Waals surface area contributed by atoms with E-state index in [2.05, 4.69) is 24.1 Å². The van der Waals surface area contributed by atoms with Crippen LogP contribution in [0.5, 0.6) is 0 Å². The van der Waals surface area contributed by atoms with Gasteiger partial charge in [0.1, 0.15) is 5.82 Å². The Hall–Kier alpha value is -0.930. The molecule has 0 spiro atoms. The molecule has 3 heteroatoms. The monoisotopic (exact) mass is 264 g/mol. The Morgan fingerprint density at radius 1 is 1.16 bits per heavy atom. The van der Waals surface area contributed by atoms with Crippen molar-refractivity contribution >= 4 is 0 Å². The third-order valence-corrected chi connectivity index (χ3v) is 3.78. The molecule has 106 valence electrons. The van der Waals surface area contributed by atoms with Gasteiger partial charge < -0.3 is 10.2 Å². The van der Waals surface area contributed by atoms with Crippen LogP contribution in [0.2, 0.25) is 0 Å². The smallest absolute Gasteiger partial charge is 0.126 e. The maximum Gasteiger partial charge on any atom is 0.126 e. The molecule has 0 aliphatic carbocycles. The van der Waals surface area contributed by atoms with Gasteiger partial charge in [-0.05, 0) is 57.8 Å². The van der Waals surface area contributed by atoms with E-state index >= 15 is 0 Å². The molecule has 1 aromatic carbocycles. The molecule has 2 atom stereocenters. The summed E-state index contributed by atoms with van der Waals surface area (Å²) in [5.41, 5.74) is 0.802. The zero-order valence-corrected chi connectivity index (χ0v) is 12.0. The molecule has 1 aliphatic rings. The highest BCUT2D eigenvalue weighted by Crippen LogP contribution is 2.11. The maximum atomic E-state index is 13.6. The zero-order valence-electron chi connectivity index (χ0n) is 12.0. The minimum absolute atomic E-state index is 0.0941. The van der Waals surface area contributed by atoms with E-state index in [4.69, 9.17) is 0 Å². The predicted octanol–water partition coefficient (Wildman–Crippen LogP) is 2.83. The van der Waals surface area contributed by atoms with E-state index < -0.39 is 0 Å². The fourth-order valence-corrected chi connectivity index (χ4v) is 2.94. The first-order chi connectivity index (χ1) is 9.15. The van der Waals surface area contributed by atoms with Crippen molar-refractivity contribution in [2.75, 3.05) is 19.6 Å². The van der Waals surface area contributed by atoms with E-state index in [0.717, 1.165) is 18.5 Å². The molecular formula is C16H25FN2. The molecule has 2 nitrogen and oxygen atoms in total. The summed E-state index contributed by atoms with van der Waals surface area (Å²) in [5, 5.41) is 3.57. The Kier molecular flexibility index (Phi) is 5.34. The van der Waals surface area contributed by atoms with Crippen LogP contribution in [0.25, 0.3) is 0 Å². The number of halogens is 1. The highest BCUT2D eigenvalue weighted by molar-refractivity contribution is 5.18. The second kappa shape index (κ2) is 7.01. The first-order valence-corrected chi connectivity index (χ1v) is 7.37. The molecule has 1 aromatic rings. The molecule has 1 heterocycles. The molecule has 1 N–H and O–H groups in total. The van der Waals surface area contributed by atoms with Gasteiger partial charge in [0.15, 0.2) is 0 Å². The van der Waals surface area contributed by atoms with Crippen LogP contribution >= 0.6 is 0 Å². The van der Waals surface area contributed by atoms with Crippen molar-refractivity contribution in [1.29, 1.82) is 0 Å². The number of likely N-dealkylation sites (tertiary alicyclic amines) is 1. The van der Waals surface area contributed by atoms with Gasteiger partial charge in [0.05, 0.1) is 0 Å². The molecule has 0 radical (unpaired) electrons. The number of nitrogens with one attached hydrogen (secondary N) is 1. The number of hydrogen-bond acceptors (Lipinski definition) is 2. The minimum Gasteiger partial charge on any atom is -0.310 e. The molecule has 0 aromatic heterocycles. The average molecular weight is 264 g/mol.